The Morgan fingerprint density at radius 1 is 1.00 bits per heavy atom. The maximum absolute atomic E-state index is 12.7. The molecular formula is C22H28N3O2+. The van der Waals surface area contributed by atoms with Crippen LogP contribution in [0.3, 0.4) is 0 Å². The van der Waals surface area contributed by atoms with E-state index in [1.165, 1.54) is 10.5 Å². The molecule has 5 heteroatoms. The van der Waals surface area contributed by atoms with Gasteiger partial charge in [-0.1, -0.05) is 60.7 Å². The number of nitrogens with one attached hydrogen (secondary N) is 2. The Morgan fingerprint density at radius 3 is 2.19 bits per heavy atom. The van der Waals surface area contributed by atoms with Crippen molar-refractivity contribution < 1.29 is 14.5 Å². The Labute approximate surface area is 161 Å². The first-order valence-electron chi connectivity index (χ1n) is 9.59. The SMILES string of the molecule is CC(=O)N1CC[NH+](CC(=O)N[C@H](Cc2ccccc2)c2ccccc2)CC1. The monoisotopic (exact) mass is 366 g/mol. The van der Waals surface area contributed by atoms with Gasteiger partial charge in [0.25, 0.3) is 5.91 Å². The number of nitrogens with zero attached hydrogens (tertiary/aromatic N) is 1. The van der Waals surface area contributed by atoms with Crippen molar-refractivity contribution in [3.63, 3.8) is 0 Å². The molecule has 1 aliphatic rings. The van der Waals surface area contributed by atoms with Crippen LogP contribution >= 0.6 is 0 Å². The van der Waals surface area contributed by atoms with Crippen LogP contribution in [0.2, 0.25) is 0 Å². The molecule has 27 heavy (non-hydrogen) atoms. The van der Waals surface area contributed by atoms with E-state index in [0.717, 1.165) is 38.2 Å². The predicted molar refractivity (Wildman–Crippen MR) is 105 cm³/mol. The fourth-order valence-corrected chi connectivity index (χ4v) is 3.57. The van der Waals surface area contributed by atoms with Gasteiger partial charge in [0.2, 0.25) is 5.91 Å². The Morgan fingerprint density at radius 2 is 1.59 bits per heavy atom. The number of hydrogen-bond donors (Lipinski definition) is 2. The van der Waals surface area contributed by atoms with Gasteiger partial charge >= 0.3 is 0 Å². The Bertz CT molecular complexity index is 741. The first-order chi connectivity index (χ1) is 13.1. The molecule has 2 amide bonds. The van der Waals surface area contributed by atoms with E-state index in [9.17, 15) is 9.59 Å². The van der Waals surface area contributed by atoms with Gasteiger partial charge < -0.3 is 15.1 Å². The zero-order valence-corrected chi connectivity index (χ0v) is 15.9. The molecule has 142 valence electrons. The third-order valence-electron chi connectivity index (χ3n) is 5.15. The van der Waals surface area contributed by atoms with Gasteiger partial charge in [-0.25, -0.2) is 0 Å². The summed E-state index contributed by atoms with van der Waals surface area (Å²) in [6.45, 7) is 5.15. The molecule has 0 unspecified atom stereocenters. The Kier molecular flexibility index (Phi) is 6.60. The molecule has 0 aliphatic carbocycles. The Balaban J connectivity index is 1.60. The van der Waals surface area contributed by atoms with E-state index < -0.39 is 0 Å². The molecule has 0 radical (unpaired) electrons. The van der Waals surface area contributed by atoms with Crippen molar-refractivity contribution in [2.75, 3.05) is 32.7 Å². The summed E-state index contributed by atoms with van der Waals surface area (Å²) in [5, 5.41) is 3.22. The molecule has 2 aromatic rings. The molecule has 1 saturated heterocycles. The quantitative estimate of drug-likeness (QED) is 0.796. The maximum Gasteiger partial charge on any atom is 0.275 e. The zero-order valence-electron chi connectivity index (χ0n) is 15.9. The zero-order chi connectivity index (χ0) is 19.1. The van der Waals surface area contributed by atoms with Crippen molar-refractivity contribution in [3.8, 4) is 0 Å². The second-order valence-electron chi connectivity index (χ2n) is 7.15. The van der Waals surface area contributed by atoms with Crippen LogP contribution in [0.4, 0.5) is 0 Å². The maximum atomic E-state index is 12.7. The molecule has 1 aliphatic heterocycles. The number of piperazine rings is 1. The van der Waals surface area contributed by atoms with Gasteiger partial charge in [-0.3, -0.25) is 9.59 Å². The largest absolute Gasteiger partial charge is 0.344 e. The minimum atomic E-state index is -0.0426. The van der Waals surface area contributed by atoms with Crippen molar-refractivity contribution in [3.05, 3.63) is 71.8 Å². The van der Waals surface area contributed by atoms with Crippen molar-refractivity contribution >= 4 is 11.8 Å². The molecule has 1 heterocycles. The lowest BCUT2D eigenvalue weighted by Gasteiger charge is -2.31. The molecule has 2 N–H and O–H groups in total. The summed E-state index contributed by atoms with van der Waals surface area (Å²) >= 11 is 0. The molecule has 0 saturated carbocycles. The number of hydrogen-bond acceptors (Lipinski definition) is 2. The van der Waals surface area contributed by atoms with E-state index in [1.807, 2.05) is 41.3 Å². The molecule has 1 atom stereocenters. The summed E-state index contributed by atoms with van der Waals surface area (Å²) in [7, 11) is 0. The lowest BCUT2D eigenvalue weighted by Crippen LogP contribution is -3.15. The fourth-order valence-electron chi connectivity index (χ4n) is 3.57. The van der Waals surface area contributed by atoms with Crippen molar-refractivity contribution in [1.82, 2.24) is 10.2 Å². The summed E-state index contributed by atoms with van der Waals surface area (Å²) in [5.41, 5.74) is 2.32. The van der Waals surface area contributed by atoms with Gasteiger partial charge in [0.05, 0.1) is 32.2 Å². The lowest BCUT2D eigenvalue weighted by molar-refractivity contribution is -0.896. The number of quaternary nitrogens is 1. The third kappa shape index (κ3) is 5.66. The number of rotatable bonds is 6. The van der Waals surface area contributed by atoms with Crippen molar-refractivity contribution in [2.24, 2.45) is 0 Å². The molecule has 1 fully saturated rings. The van der Waals surface area contributed by atoms with Gasteiger partial charge in [0.1, 0.15) is 0 Å². The molecule has 5 nitrogen and oxygen atoms in total. The van der Waals surface area contributed by atoms with E-state index >= 15 is 0 Å². The van der Waals surface area contributed by atoms with Crippen molar-refractivity contribution in [1.29, 1.82) is 0 Å². The number of carbonyl (C=O) groups excluding carboxylic acids is 2. The Hall–Kier alpha value is -2.66. The van der Waals surface area contributed by atoms with Crippen LogP contribution < -0.4 is 10.2 Å². The van der Waals surface area contributed by atoms with Gasteiger partial charge in [0.15, 0.2) is 6.54 Å². The van der Waals surface area contributed by atoms with Crippen LogP contribution in [0.15, 0.2) is 60.7 Å². The highest BCUT2D eigenvalue weighted by atomic mass is 16.2. The van der Waals surface area contributed by atoms with Crippen LogP contribution in [0.1, 0.15) is 24.1 Å². The number of amides is 2. The third-order valence-corrected chi connectivity index (χ3v) is 5.15. The standard InChI is InChI=1S/C22H27N3O2/c1-18(26)25-14-12-24(13-15-25)17-22(27)23-21(20-10-6-3-7-11-20)16-19-8-4-2-5-9-19/h2-11,21H,12-17H2,1H3,(H,23,27)/p+1/t21-/m1/s1. The fraction of sp³-hybridized carbons (Fsp3) is 0.364. The van der Waals surface area contributed by atoms with Gasteiger partial charge in [-0.15, -0.1) is 0 Å². The van der Waals surface area contributed by atoms with Crippen LogP contribution in [-0.4, -0.2) is 49.4 Å². The summed E-state index contributed by atoms with van der Waals surface area (Å²) in [6, 6.07) is 20.3. The van der Waals surface area contributed by atoms with E-state index in [4.69, 9.17) is 0 Å². The number of benzene rings is 2. The first-order valence-corrected chi connectivity index (χ1v) is 9.59. The highest BCUT2D eigenvalue weighted by molar-refractivity contribution is 5.77. The van der Waals surface area contributed by atoms with Gasteiger partial charge in [-0.05, 0) is 17.5 Å². The highest BCUT2D eigenvalue weighted by Gasteiger charge is 2.24. The van der Waals surface area contributed by atoms with Crippen LogP contribution in [0.5, 0.6) is 0 Å². The average Bonchev–Trinajstić information content (AvgIpc) is 2.69. The molecule has 3 rings (SSSR count). The molecule has 0 spiro atoms. The van der Waals surface area contributed by atoms with Crippen LogP contribution in [0.25, 0.3) is 0 Å². The molecule has 2 aromatic carbocycles. The minimum absolute atomic E-state index is 0.0426. The molecular weight excluding hydrogens is 338 g/mol. The predicted octanol–water partition coefficient (Wildman–Crippen LogP) is 0.834. The summed E-state index contributed by atoms with van der Waals surface area (Å²) in [6.07, 6.45) is 0.768. The van der Waals surface area contributed by atoms with Gasteiger partial charge in [0, 0.05) is 6.92 Å². The van der Waals surface area contributed by atoms with E-state index in [-0.39, 0.29) is 17.9 Å². The average molecular weight is 366 g/mol. The number of carbonyl (C=O) groups is 2. The summed E-state index contributed by atoms with van der Waals surface area (Å²) < 4.78 is 0. The van der Waals surface area contributed by atoms with Crippen molar-refractivity contribution in [2.45, 2.75) is 19.4 Å². The lowest BCUT2D eigenvalue weighted by atomic mass is 9.99. The highest BCUT2D eigenvalue weighted by Crippen LogP contribution is 2.18. The normalized spacial score (nSPS) is 16.0. The van der Waals surface area contributed by atoms with E-state index in [2.05, 4.69) is 29.6 Å². The minimum Gasteiger partial charge on any atom is -0.344 e. The first kappa shape index (κ1) is 19.1. The second kappa shape index (κ2) is 9.33. The van der Waals surface area contributed by atoms with E-state index in [0.29, 0.717) is 6.54 Å². The molecule has 0 aromatic heterocycles. The summed E-state index contributed by atoms with van der Waals surface area (Å²) in [4.78, 5) is 27.2. The summed E-state index contributed by atoms with van der Waals surface area (Å²) in [5.74, 6) is 0.177. The smallest absolute Gasteiger partial charge is 0.275 e. The molecule has 0 bridgehead atoms. The topological polar surface area (TPSA) is 53.9 Å². The van der Waals surface area contributed by atoms with E-state index in [1.54, 1.807) is 6.92 Å². The van der Waals surface area contributed by atoms with Crippen LogP contribution in [0, 0.1) is 0 Å². The second-order valence-corrected chi connectivity index (χ2v) is 7.15. The van der Waals surface area contributed by atoms with Crippen LogP contribution in [-0.2, 0) is 16.0 Å². The van der Waals surface area contributed by atoms with Gasteiger partial charge in [-0.2, -0.15) is 0 Å².